The number of halogens is 3. The van der Waals surface area contributed by atoms with Gasteiger partial charge in [-0.15, -0.1) is 0 Å². The smallest absolute Gasteiger partial charge is 0.404 e. The molecule has 3 rings (SSSR count). The first kappa shape index (κ1) is 22.4. The molecule has 3 fully saturated rings. The average molecular weight is 420 g/mol. The molecular formula is C21H31F3O5. The van der Waals surface area contributed by atoms with Gasteiger partial charge in [0.15, 0.2) is 5.41 Å². The van der Waals surface area contributed by atoms with E-state index in [1.807, 2.05) is 6.92 Å². The van der Waals surface area contributed by atoms with Gasteiger partial charge in [0.05, 0.1) is 18.1 Å². The second-order valence-electron chi connectivity index (χ2n) is 10.4. The summed E-state index contributed by atoms with van der Waals surface area (Å²) in [7, 11) is 0. The van der Waals surface area contributed by atoms with Gasteiger partial charge in [-0.1, -0.05) is 6.92 Å². The number of rotatable bonds is 4. The number of carbonyl (C=O) groups excluding carboxylic acids is 1. The summed E-state index contributed by atoms with van der Waals surface area (Å²) in [5, 5.41) is 9.26. The van der Waals surface area contributed by atoms with Gasteiger partial charge in [0.25, 0.3) is 0 Å². The lowest BCUT2D eigenvalue weighted by Gasteiger charge is -2.46. The van der Waals surface area contributed by atoms with Gasteiger partial charge < -0.3 is 14.6 Å². The SMILES string of the molecule is CC1CC2C3CC(C(=O)OC(C)(C)C)C(C3)C2OC1CC(C)(C(=O)O)C(F)(F)F. The van der Waals surface area contributed by atoms with Crippen LogP contribution in [0.1, 0.15) is 60.3 Å². The van der Waals surface area contributed by atoms with Crippen LogP contribution < -0.4 is 0 Å². The van der Waals surface area contributed by atoms with Crippen LogP contribution in [0.2, 0.25) is 0 Å². The first-order valence-corrected chi connectivity index (χ1v) is 10.3. The van der Waals surface area contributed by atoms with Crippen LogP contribution in [0.3, 0.4) is 0 Å². The normalized spacial score (nSPS) is 39.0. The van der Waals surface area contributed by atoms with Crippen LogP contribution in [-0.4, -0.2) is 41.0 Å². The maximum atomic E-state index is 13.5. The third-order valence-corrected chi connectivity index (χ3v) is 7.13. The Kier molecular flexibility index (Phi) is 5.50. The Morgan fingerprint density at radius 2 is 1.69 bits per heavy atom. The molecule has 3 aliphatic rings. The third kappa shape index (κ3) is 4.01. The number of hydrogen-bond donors (Lipinski definition) is 1. The molecule has 166 valence electrons. The monoisotopic (exact) mass is 420 g/mol. The van der Waals surface area contributed by atoms with Crippen LogP contribution in [0.5, 0.6) is 0 Å². The van der Waals surface area contributed by atoms with Crippen molar-refractivity contribution in [1.29, 1.82) is 0 Å². The van der Waals surface area contributed by atoms with E-state index < -0.39 is 35.7 Å². The Bertz CT molecular complexity index is 670. The first-order valence-electron chi connectivity index (χ1n) is 10.3. The fraction of sp³-hybridized carbons (Fsp3) is 0.905. The fourth-order valence-electron chi connectivity index (χ4n) is 5.48. The molecule has 1 heterocycles. The van der Waals surface area contributed by atoms with Crippen molar-refractivity contribution in [3.8, 4) is 0 Å². The van der Waals surface area contributed by atoms with Crippen LogP contribution in [-0.2, 0) is 19.1 Å². The largest absolute Gasteiger partial charge is 0.481 e. The molecule has 2 bridgehead atoms. The minimum Gasteiger partial charge on any atom is -0.481 e. The molecule has 0 aromatic heterocycles. The topological polar surface area (TPSA) is 72.8 Å². The fourth-order valence-corrected chi connectivity index (χ4v) is 5.48. The summed E-state index contributed by atoms with van der Waals surface area (Å²) in [6.07, 6.45) is -4.36. The highest BCUT2D eigenvalue weighted by atomic mass is 19.4. The first-order chi connectivity index (χ1) is 13.1. The summed E-state index contributed by atoms with van der Waals surface area (Å²) < 4.78 is 52.1. The van der Waals surface area contributed by atoms with Gasteiger partial charge in [-0.3, -0.25) is 9.59 Å². The van der Waals surface area contributed by atoms with Crippen LogP contribution in [0.15, 0.2) is 0 Å². The van der Waals surface area contributed by atoms with E-state index in [1.165, 1.54) is 0 Å². The van der Waals surface area contributed by atoms with Crippen LogP contribution >= 0.6 is 0 Å². The number of carboxylic acid groups (broad SMARTS) is 1. The predicted molar refractivity (Wildman–Crippen MR) is 97.9 cm³/mol. The summed E-state index contributed by atoms with van der Waals surface area (Å²) in [5.74, 6) is -2.18. The van der Waals surface area contributed by atoms with E-state index in [0.29, 0.717) is 12.3 Å². The Morgan fingerprint density at radius 3 is 2.21 bits per heavy atom. The Labute approximate surface area is 169 Å². The quantitative estimate of drug-likeness (QED) is 0.681. The van der Waals surface area contributed by atoms with E-state index in [-0.39, 0.29) is 35.7 Å². The Hall–Kier alpha value is -1.31. The number of carboxylic acids is 1. The number of esters is 1. The molecule has 0 aromatic carbocycles. The number of fused-ring (bicyclic) bond motifs is 5. The predicted octanol–water partition coefficient (Wildman–Crippen LogP) is 4.44. The molecule has 0 aromatic rings. The molecule has 29 heavy (non-hydrogen) atoms. The molecular weight excluding hydrogens is 389 g/mol. The van der Waals surface area contributed by atoms with Crippen molar-refractivity contribution in [2.75, 3.05) is 0 Å². The van der Waals surface area contributed by atoms with Gasteiger partial charge in [-0.25, -0.2) is 0 Å². The van der Waals surface area contributed by atoms with E-state index in [2.05, 4.69) is 0 Å². The van der Waals surface area contributed by atoms with Crippen LogP contribution in [0.25, 0.3) is 0 Å². The summed E-state index contributed by atoms with van der Waals surface area (Å²) in [4.78, 5) is 24.1. The lowest BCUT2D eigenvalue weighted by atomic mass is 9.71. The highest BCUT2D eigenvalue weighted by molar-refractivity contribution is 5.75. The lowest BCUT2D eigenvalue weighted by Crippen LogP contribution is -2.51. The van der Waals surface area contributed by atoms with Gasteiger partial charge in [-0.05, 0) is 77.0 Å². The van der Waals surface area contributed by atoms with Crippen molar-refractivity contribution in [3.05, 3.63) is 0 Å². The van der Waals surface area contributed by atoms with E-state index in [1.54, 1.807) is 20.8 Å². The molecule has 1 aliphatic heterocycles. The summed E-state index contributed by atoms with van der Waals surface area (Å²) in [5.41, 5.74) is -3.46. The van der Waals surface area contributed by atoms with Crippen molar-refractivity contribution in [1.82, 2.24) is 0 Å². The standard InChI is InChI=1S/C21H31F3O5/c1-10-6-12-11-7-13(14(8-11)17(25)29-19(2,3)4)16(12)28-15(10)9-20(5,18(26)27)21(22,23)24/h10-16H,6-9H2,1-5H3,(H,26,27). The molecule has 0 spiro atoms. The maximum absolute atomic E-state index is 13.5. The van der Waals surface area contributed by atoms with Gasteiger partial charge >= 0.3 is 18.1 Å². The van der Waals surface area contributed by atoms with Crippen LogP contribution in [0, 0.1) is 35.0 Å². The number of alkyl halides is 3. The lowest BCUT2D eigenvalue weighted by molar-refractivity contribution is -0.243. The van der Waals surface area contributed by atoms with Gasteiger partial charge in [-0.2, -0.15) is 13.2 Å². The molecule has 2 aliphatic carbocycles. The van der Waals surface area contributed by atoms with Gasteiger partial charge in [0.1, 0.15) is 5.60 Å². The molecule has 8 unspecified atom stereocenters. The van der Waals surface area contributed by atoms with Crippen molar-refractivity contribution in [2.45, 2.75) is 84.3 Å². The maximum Gasteiger partial charge on any atom is 0.404 e. The van der Waals surface area contributed by atoms with Gasteiger partial charge in [0, 0.05) is 0 Å². The molecule has 8 heteroatoms. The molecule has 1 N–H and O–H groups in total. The zero-order valence-electron chi connectivity index (χ0n) is 17.6. The molecule has 0 radical (unpaired) electrons. The summed E-state index contributed by atoms with van der Waals surface area (Å²) in [6, 6.07) is 0. The highest BCUT2D eigenvalue weighted by Gasteiger charge is 2.62. The van der Waals surface area contributed by atoms with Gasteiger partial charge in [0.2, 0.25) is 0 Å². The Balaban J connectivity index is 1.75. The van der Waals surface area contributed by atoms with E-state index in [4.69, 9.17) is 9.47 Å². The number of hydrogen-bond acceptors (Lipinski definition) is 4. The highest BCUT2D eigenvalue weighted by Crippen LogP contribution is 2.58. The molecule has 1 saturated heterocycles. The summed E-state index contributed by atoms with van der Waals surface area (Å²) >= 11 is 0. The van der Waals surface area contributed by atoms with Crippen molar-refractivity contribution in [3.63, 3.8) is 0 Å². The molecule has 5 nitrogen and oxygen atoms in total. The number of aliphatic carboxylic acids is 1. The minimum absolute atomic E-state index is 0.0724. The zero-order chi connectivity index (χ0) is 21.9. The van der Waals surface area contributed by atoms with E-state index >= 15 is 0 Å². The van der Waals surface area contributed by atoms with Crippen molar-refractivity contribution in [2.24, 2.45) is 35.0 Å². The second kappa shape index (κ2) is 7.13. The molecule has 2 saturated carbocycles. The average Bonchev–Trinajstić information content (AvgIpc) is 3.11. The number of ether oxygens (including phenoxy) is 2. The second-order valence-corrected chi connectivity index (χ2v) is 10.4. The zero-order valence-corrected chi connectivity index (χ0v) is 17.6. The molecule has 0 amide bonds. The molecule has 8 atom stereocenters. The Morgan fingerprint density at radius 1 is 1.07 bits per heavy atom. The van der Waals surface area contributed by atoms with E-state index in [0.717, 1.165) is 19.8 Å². The number of carbonyl (C=O) groups is 2. The van der Waals surface area contributed by atoms with Crippen molar-refractivity contribution >= 4 is 11.9 Å². The minimum atomic E-state index is -4.87. The van der Waals surface area contributed by atoms with E-state index in [9.17, 15) is 27.9 Å². The van der Waals surface area contributed by atoms with Crippen LogP contribution in [0.4, 0.5) is 13.2 Å². The third-order valence-electron chi connectivity index (χ3n) is 7.13. The summed E-state index contributed by atoms with van der Waals surface area (Å²) in [6.45, 7) is 7.97. The van der Waals surface area contributed by atoms with Crippen molar-refractivity contribution < 1.29 is 37.3 Å².